The third kappa shape index (κ3) is 4.97. The molecule has 0 aromatic heterocycles. The van der Waals surface area contributed by atoms with E-state index in [1.807, 2.05) is 0 Å². The van der Waals surface area contributed by atoms with Gasteiger partial charge in [-0.1, -0.05) is 0 Å². The van der Waals surface area contributed by atoms with Gasteiger partial charge < -0.3 is 10.8 Å². The van der Waals surface area contributed by atoms with Gasteiger partial charge in [0.15, 0.2) is 0 Å². The van der Waals surface area contributed by atoms with Crippen molar-refractivity contribution in [1.29, 1.82) is 0 Å². The first-order chi connectivity index (χ1) is 5.43. The standard InChI is InChI=1S/C6H12F2N2O2/c1-10(3-5(7)8)2-4(9)6(11)12/h4-5H,2-3,9H2,1H3,(H,11,12). The maximum atomic E-state index is 11.7. The van der Waals surface area contributed by atoms with Crippen LogP contribution in [0.15, 0.2) is 0 Å². The Bertz CT molecular complexity index is 154. The van der Waals surface area contributed by atoms with E-state index in [-0.39, 0.29) is 6.54 Å². The van der Waals surface area contributed by atoms with E-state index in [0.29, 0.717) is 0 Å². The second-order valence-corrected chi connectivity index (χ2v) is 2.56. The van der Waals surface area contributed by atoms with Crippen LogP contribution in [0.5, 0.6) is 0 Å². The molecule has 0 radical (unpaired) electrons. The molecule has 0 amide bonds. The van der Waals surface area contributed by atoms with E-state index >= 15 is 0 Å². The zero-order chi connectivity index (χ0) is 9.72. The van der Waals surface area contributed by atoms with E-state index in [2.05, 4.69) is 0 Å². The number of alkyl halides is 2. The molecule has 0 heterocycles. The maximum absolute atomic E-state index is 11.7. The Morgan fingerprint density at radius 3 is 2.42 bits per heavy atom. The van der Waals surface area contributed by atoms with Crippen molar-refractivity contribution in [2.75, 3.05) is 20.1 Å². The van der Waals surface area contributed by atoms with E-state index in [4.69, 9.17) is 10.8 Å². The molecule has 0 aliphatic heterocycles. The Morgan fingerprint density at radius 2 is 2.08 bits per heavy atom. The van der Waals surface area contributed by atoms with Crippen molar-refractivity contribution in [1.82, 2.24) is 4.90 Å². The fourth-order valence-electron chi connectivity index (χ4n) is 0.724. The molecule has 6 heteroatoms. The zero-order valence-corrected chi connectivity index (χ0v) is 6.70. The third-order valence-corrected chi connectivity index (χ3v) is 1.28. The van der Waals surface area contributed by atoms with Gasteiger partial charge >= 0.3 is 5.97 Å². The summed E-state index contributed by atoms with van der Waals surface area (Å²) in [6.07, 6.45) is -2.46. The lowest BCUT2D eigenvalue weighted by atomic mass is 10.3. The number of likely N-dealkylation sites (N-methyl/N-ethyl adjacent to an activating group) is 1. The van der Waals surface area contributed by atoms with Gasteiger partial charge in [-0.05, 0) is 7.05 Å². The summed E-state index contributed by atoms with van der Waals surface area (Å²) < 4.78 is 23.4. The smallest absolute Gasteiger partial charge is 0.321 e. The van der Waals surface area contributed by atoms with Crippen LogP contribution in [-0.4, -0.2) is 48.6 Å². The minimum atomic E-state index is -2.46. The van der Waals surface area contributed by atoms with Crippen molar-refractivity contribution in [3.63, 3.8) is 0 Å². The van der Waals surface area contributed by atoms with Crippen LogP contribution in [0.1, 0.15) is 0 Å². The van der Waals surface area contributed by atoms with Gasteiger partial charge in [-0.15, -0.1) is 0 Å². The molecule has 0 bridgehead atoms. The van der Waals surface area contributed by atoms with Crippen molar-refractivity contribution < 1.29 is 18.7 Å². The summed E-state index contributed by atoms with van der Waals surface area (Å²) >= 11 is 0. The molecule has 0 saturated heterocycles. The van der Waals surface area contributed by atoms with Crippen molar-refractivity contribution in [3.8, 4) is 0 Å². The first kappa shape index (κ1) is 11.2. The van der Waals surface area contributed by atoms with Crippen LogP contribution in [0.2, 0.25) is 0 Å². The average Bonchev–Trinajstić information content (AvgIpc) is 1.84. The van der Waals surface area contributed by atoms with Gasteiger partial charge in [0.2, 0.25) is 0 Å². The van der Waals surface area contributed by atoms with Crippen LogP contribution >= 0.6 is 0 Å². The van der Waals surface area contributed by atoms with Gasteiger partial charge in [0.25, 0.3) is 6.43 Å². The summed E-state index contributed by atoms with van der Waals surface area (Å²) in [7, 11) is 1.40. The van der Waals surface area contributed by atoms with Crippen LogP contribution < -0.4 is 5.73 Å². The summed E-state index contributed by atoms with van der Waals surface area (Å²) in [6.45, 7) is -0.527. The number of rotatable bonds is 5. The Balaban J connectivity index is 3.68. The van der Waals surface area contributed by atoms with Gasteiger partial charge in [-0.2, -0.15) is 0 Å². The molecule has 3 N–H and O–H groups in total. The highest BCUT2D eigenvalue weighted by atomic mass is 19.3. The number of hydrogen-bond acceptors (Lipinski definition) is 3. The second-order valence-electron chi connectivity index (χ2n) is 2.56. The number of carboxylic acids is 1. The normalized spacial score (nSPS) is 13.8. The summed E-state index contributed by atoms with van der Waals surface area (Å²) in [5.41, 5.74) is 5.11. The zero-order valence-electron chi connectivity index (χ0n) is 6.70. The van der Waals surface area contributed by atoms with Gasteiger partial charge in [-0.25, -0.2) is 8.78 Å². The van der Waals surface area contributed by atoms with Crippen molar-refractivity contribution in [2.24, 2.45) is 5.73 Å². The van der Waals surface area contributed by atoms with Crippen molar-refractivity contribution in [3.05, 3.63) is 0 Å². The quantitative estimate of drug-likeness (QED) is 0.607. The van der Waals surface area contributed by atoms with Crippen molar-refractivity contribution in [2.45, 2.75) is 12.5 Å². The molecule has 0 aromatic rings. The van der Waals surface area contributed by atoms with E-state index in [1.165, 1.54) is 11.9 Å². The molecule has 0 aromatic carbocycles. The number of carbonyl (C=O) groups is 1. The molecule has 1 unspecified atom stereocenters. The fraction of sp³-hybridized carbons (Fsp3) is 0.833. The summed E-state index contributed by atoms with van der Waals surface area (Å²) in [5, 5.41) is 8.33. The van der Waals surface area contributed by atoms with Gasteiger partial charge in [-0.3, -0.25) is 9.69 Å². The Kier molecular flexibility index (Phi) is 4.68. The molecule has 0 aliphatic rings. The molecule has 72 valence electrons. The molecule has 0 rings (SSSR count). The lowest BCUT2D eigenvalue weighted by molar-refractivity contribution is -0.139. The molecule has 0 aliphatic carbocycles. The van der Waals surface area contributed by atoms with Crippen LogP contribution in [0.4, 0.5) is 8.78 Å². The van der Waals surface area contributed by atoms with Gasteiger partial charge in [0, 0.05) is 6.54 Å². The Labute approximate surface area is 69.0 Å². The summed E-state index contributed by atoms with van der Waals surface area (Å²) in [6, 6.07) is -1.10. The number of carboxylic acid groups (broad SMARTS) is 1. The average molecular weight is 182 g/mol. The number of halogens is 2. The monoisotopic (exact) mass is 182 g/mol. The molecule has 0 saturated carbocycles. The summed E-state index contributed by atoms with van der Waals surface area (Å²) in [4.78, 5) is 11.4. The predicted octanol–water partition coefficient (Wildman–Crippen LogP) is -0.405. The fourth-order valence-corrected chi connectivity index (χ4v) is 0.724. The maximum Gasteiger partial charge on any atom is 0.321 e. The van der Waals surface area contributed by atoms with Crippen LogP contribution in [0.25, 0.3) is 0 Å². The van der Waals surface area contributed by atoms with E-state index in [1.54, 1.807) is 0 Å². The van der Waals surface area contributed by atoms with Crippen LogP contribution in [0, 0.1) is 0 Å². The topological polar surface area (TPSA) is 66.6 Å². The highest BCUT2D eigenvalue weighted by Gasteiger charge is 2.16. The highest BCUT2D eigenvalue weighted by molar-refractivity contribution is 5.73. The summed E-state index contributed by atoms with van der Waals surface area (Å²) in [5.74, 6) is -1.18. The largest absolute Gasteiger partial charge is 0.480 e. The lowest BCUT2D eigenvalue weighted by Gasteiger charge is -2.17. The van der Waals surface area contributed by atoms with Gasteiger partial charge in [0.1, 0.15) is 6.04 Å². The third-order valence-electron chi connectivity index (χ3n) is 1.28. The Hall–Kier alpha value is -0.750. The molecule has 4 nitrogen and oxygen atoms in total. The molecule has 0 spiro atoms. The first-order valence-electron chi connectivity index (χ1n) is 3.38. The minimum absolute atomic E-state index is 0.0698. The molecular formula is C6H12F2N2O2. The number of hydrogen-bond donors (Lipinski definition) is 2. The SMILES string of the molecule is CN(CC(F)F)CC(N)C(=O)O. The minimum Gasteiger partial charge on any atom is -0.480 e. The number of nitrogens with zero attached hydrogens (tertiary/aromatic N) is 1. The second kappa shape index (κ2) is 5.00. The van der Waals surface area contributed by atoms with E-state index in [0.717, 1.165) is 0 Å². The molecule has 12 heavy (non-hydrogen) atoms. The van der Waals surface area contributed by atoms with Gasteiger partial charge in [0.05, 0.1) is 6.54 Å². The molecular weight excluding hydrogens is 170 g/mol. The van der Waals surface area contributed by atoms with E-state index < -0.39 is 25.0 Å². The molecule has 1 atom stereocenters. The van der Waals surface area contributed by atoms with E-state index in [9.17, 15) is 13.6 Å². The lowest BCUT2D eigenvalue weighted by Crippen LogP contribution is -2.42. The predicted molar refractivity (Wildman–Crippen MR) is 39.1 cm³/mol. The Morgan fingerprint density at radius 1 is 1.58 bits per heavy atom. The first-order valence-corrected chi connectivity index (χ1v) is 3.38. The van der Waals surface area contributed by atoms with Crippen LogP contribution in [-0.2, 0) is 4.79 Å². The number of aliphatic carboxylic acids is 1. The highest BCUT2D eigenvalue weighted by Crippen LogP contribution is 1.96. The van der Waals surface area contributed by atoms with Crippen LogP contribution in [0.3, 0.4) is 0 Å². The molecule has 0 fully saturated rings. The number of nitrogens with two attached hydrogens (primary N) is 1. The van der Waals surface area contributed by atoms with Crippen molar-refractivity contribution >= 4 is 5.97 Å².